The molecule has 1 heterocycles. The number of nitrogens with one attached hydrogen (secondary N) is 2. The molecular formula is C19H16F2N2O3S. The van der Waals surface area contributed by atoms with Crippen molar-refractivity contribution in [3.8, 4) is 0 Å². The quantitative estimate of drug-likeness (QED) is 0.511. The Balaban J connectivity index is 1.49. The van der Waals surface area contributed by atoms with E-state index in [9.17, 15) is 18.4 Å². The smallest absolute Gasteiger partial charge is 0.305 e. The summed E-state index contributed by atoms with van der Waals surface area (Å²) in [5.41, 5.74) is 5.91. The number of amides is 2. The Morgan fingerprint density at radius 1 is 1.07 bits per heavy atom. The number of benzene rings is 2. The normalized spacial score (nSPS) is 10.8. The molecule has 3 aromatic rings. The summed E-state index contributed by atoms with van der Waals surface area (Å²) in [6.45, 7) is 1.76. The Hall–Kier alpha value is -2.87. The van der Waals surface area contributed by atoms with Crippen molar-refractivity contribution >= 4 is 34.5 Å². The molecule has 27 heavy (non-hydrogen) atoms. The third-order valence-corrected chi connectivity index (χ3v) is 4.85. The molecule has 1 aromatic heterocycles. The van der Waals surface area contributed by atoms with E-state index in [1.807, 2.05) is 12.1 Å². The first kappa shape index (κ1) is 18.9. The van der Waals surface area contributed by atoms with Gasteiger partial charge in [-0.3, -0.25) is 20.4 Å². The minimum Gasteiger partial charge on any atom is -0.451 e. The number of rotatable bonds is 5. The number of hydrogen-bond donors (Lipinski definition) is 2. The van der Waals surface area contributed by atoms with Crippen molar-refractivity contribution in [3.63, 3.8) is 0 Å². The average Bonchev–Trinajstić information content (AvgIpc) is 3.00. The van der Waals surface area contributed by atoms with E-state index in [0.717, 1.165) is 17.5 Å². The van der Waals surface area contributed by atoms with Crippen LogP contribution in [0.4, 0.5) is 8.78 Å². The van der Waals surface area contributed by atoms with Crippen LogP contribution in [0.2, 0.25) is 0 Å². The second kappa shape index (κ2) is 8.22. The summed E-state index contributed by atoms with van der Waals surface area (Å²) < 4.78 is 31.5. The largest absolute Gasteiger partial charge is 0.451 e. The summed E-state index contributed by atoms with van der Waals surface area (Å²) in [7, 11) is 0. The predicted molar refractivity (Wildman–Crippen MR) is 98.3 cm³/mol. The number of halogens is 2. The van der Waals surface area contributed by atoms with Crippen LogP contribution in [-0.2, 0) is 4.79 Å². The van der Waals surface area contributed by atoms with Crippen molar-refractivity contribution in [2.75, 3.05) is 5.75 Å². The highest BCUT2D eigenvalue weighted by atomic mass is 32.2. The van der Waals surface area contributed by atoms with Crippen LogP contribution in [0.1, 0.15) is 22.5 Å². The molecule has 0 aliphatic carbocycles. The highest BCUT2D eigenvalue weighted by Crippen LogP contribution is 2.24. The average molecular weight is 390 g/mol. The Bertz CT molecular complexity index is 1000. The molecule has 0 fully saturated rings. The first-order valence-electron chi connectivity index (χ1n) is 8.11. The highest BCUT2D eigenvalue weighted by Gasteiger charge is 2.17. The van der Waals surface area contributed by atoms with Crippen molar-refractivity contribution in [1.29, 1.82) is 0 Å². The molecule has 2 aromatic carbocycles. The minimum atomic E-state index is -0.932. The van der Waals surface area contributed by atoms with Crippen LogP contribution in [0.3, 0.4) is 0 Å². The van der Waals surface area contributed by atoms with Gasteiger partial charge in [0.05, 0.1) is 0 Å². The van der Waals surface area contributed by atoms with E-state index in [1.165, 1.54) is 17.8 Å². The van der Waals surface area contributed by atoms with Gasteiger partial charge in [0.1, 0.15) is 5.58 Å². The lowest BCUT2D eigenvalue weighted by Crippen LogP contribution is -2.41. The summed E-state index contributed by atoms with van der Waals surface area (Å²) in [5.74, 6) is -2.33. The van der Waals surface area contributed by atoms with Crippen molar-refractivity contribution < 1.29 is 22.8 Å². The van der Waals surface area contributed by atoms with Gasteiger partial charge in [0, 0.05) is 28.0 Å². The Labute approximate surface area is 158 Å². The molecule has 0 spiro atoms. The van der Waals surface area contributed by atoms with Gasteiger partial charge in [-0.1, -0.05) is 18.2 Å². The fourth-order valence-corrected chi connectivity index (χ4v) is 3.34. The number of hydrazine groups is 1. The predicted octanol–water partition coefficient (Wildman–Crippen LogP) is 3.96. The number of fused-ring (bicyclic) bond motifs is 1. The van der Waals surface area contributed by atoms with Crippen LogP contribution in [0.5, 0.6) is 0 Å². The molecule has 0 saturated carbocycles. The molecule has 2 amide bonds. The molecule has 0 atom stereocenters. The van der Waals surface area contributed by atoms with Gasteiger partial charge >= 0.3 is 5.91 Å². The monoisotopic (exact) mass is 390 g/mol. The number of furan rings is 1. The van der Waals surface area contributed by atoms with Gasteiger partial charge in [0.2, 0.25) is 5.91 Å². The topological polar surface area (TPSA) is 71.3 Å². The molecule has 0 saturated heterocycles. The first-order valence-corrected chi connectivity index (χ1v) is 9.09. The van der Waals surface area contributed by atoms with Crippen LogP contribution in [0.25, 0.3) is 11.0 Å². The van der Waals surface area contributed by atoms with E-state index in [-0.39, 0.29) is 12.2 Å². The Morgan fingerprint density at radius 3 is 2.59 bits per heavy atom. The molecular weight excluding hydrogens is 374 g/mol. The lowest BCUT2D eigenvalue weighted by atomic mass is 10.1. The van der Waals surface area contributed by atoms with E-state index in [2.05, 4.69) is 10.9 Å². The fourth-order valence-electron chi connectivity index (χ4n) is 2.46. The van der Waals surface area contributed by atoms with Crippen molar-refractivity contribution in [2.45, 2.75) is 18.2 Å². The lowest BCUT2D eigenvalue weighted by molar-refractivity contribution is -0.121. The van der Waals surface area contributed by atoms with E-state index < -0.39 is 23.4 Å². The molecule has 0 bridgehead atoms. The summed E-state index contributed by atoms with van der Waals surface area (Å²) in [4.78, 5) is 24.6. The third-order valence-electron chi connectivity index (χ3n) is 3.85. The van der Waals surface area contributed by atoms with Crippen LogP contribution in [0.15, 0.2) is 51.8 Å². The SMILES string of the molecule is Cc1c(C(=O)NNC(=O)CCSc2ccc(F)c(F)c2)oc2ccccc12. The number of hydrogen-bond acceptors (Lipinski definition) is 4. The van der Waals surface area contributed by atoms with Gasteiger partial charge in [-0.25, -0.2) is 8.78 Å². The third kappa shape index (κ3) is 4.46. The maximum Gasteiger partial charge on any atom is 0.305 e. The zero-order valence-corrected chi connectivity index (χ0v) is 15.2. The maximum atomic E-state index is 13.1. The molecule has 140 valence electrons. The van der Waals surface area contributed by atoms with E-state index in [4.69, 9.17) is 4.42 Å². The summed E-state index contributed by atoms with van der Waals surface area (Å²) in [6.07, 6.45) is 0.0864. The van der Waals surface area contributed by atoms with Gasteiger partial charge in [0.15, 0.2) is 17.4 Å². The highest BCUT2D eigenvalue weighted by molar-refractivity contribution is 7.99. The molecule has 2 N–H and O–H groups in total. The molecule has 3 rings (SSSR count). The zero-order chi connectivity index (χ0) is 19.4. The first-order chi connectivity index (χ1) is 13.0. The van der Waals surface area contributed by atoms with Crippen LogP contribution in [-0.4, -0.2) is 17.6 Å². The van der Waals surface area contributed by atoms with Gasteiger partial charge in [-0.15, -0.1) is 11.8 Å². The standard InChI is InChI=1S/C19H16F2N2O3S/c1-11-13-4-2-3-5-16(13)26-18(11)19(25)23-22-17(24)8-9-27-12-6-7-14(20)15(21)10-12/h2-7,10H,8-9H2,1H3,(H,22,24)(H,23,25). The number of aryl methyl sites for hydroxylation is 1. The Kier molecular flexibility index (Phi) is 5.75. The molecule has 8 heteroatoms. The van der Waals surface area contributed by atoms with Crippen molar-refractivity contribution in [2.24, 2.45) is 0 Å². The van der Waals surface area contributed by atoms with Gasteiger partial charge < -0.3 is 4.42 Å². The van der Waals surface area contributed by atoms with Gasteiger partial charge in [-0.05, 0) is 31.2 Å². The van der Waals surface area contributed by atoms with Crippen LogP contribution < -0.4 is 10.9 Å². The zero-order valence-electron chi connectivity index (χ0n) is 14.3. The second-order valence-electron chi connectivity index (χ2n) is 5.73. The second-order valence-corrected chi connectivity index (χ2v) is 6.90. The summed E-state index contributed by atoms with van der Waals surface area (Å²) in [5, 5.41) is 0.830. The van der Waals surface area contributed by atoms with E-state index >= 15 is 0 Å². The van der Waals surface area contributed by atoms with Crippen LogP contribution >= 0.6 is 11.8 Å². The number of carbonyl (C=O) groups excluding carboxylic acids is 2. The Morgan fingerprint density at radius 2 is 1.85 bits per heavy atom. The fraction of sp³-hybridized carbons (Fsp3) is 0.158. The molecule has 5 nitrogen and oxygen atoms in total. The molecule has 0 aliphatic rings. The van der Waals surface area contributed by atoms with Crippen LogP contribution in [0, 0.1) is 18.6 Å². The summed E-state index contributed by atoms with van der Waals surface area (Å²) in [6, 6.07) is 10.8. The maximum absolute atomic E-state index is 13.1. The van der Waals surface area contributed by atoms with Gasteiger partial charge in [-0.2, -0.15) is 0 Å². The molecule has 0 aliphatic heterocycles. The number of thioether (sulfide) groups is 1. The molecule has 0 unspecified atom stereocenters. The van der Waals surface area contributed by atoms with E-state index in [1.54, 1.807) is 19.1 Å². The van der Waals surface area contributed by atoms with Crippen molar-refractivity contribution in [3.05, 3.63) is 65.4 Å². The van der Waals surface area contributed by atoms with Crippen molar-refractivity contribution in [1.82, 2.24) is 10.9 Å². The molecule has 0 radical (unpaired) electrons. The minimum absolute atomic E-state index is 0.0864. The van der Waals surface area contributed by atoms with E-state index in [0.29, 0.717) is 21.8 Å². The number of para-hydroxylation sites is 1. The lowest BCUT2D eigenvalue weighted by Gasteiger charge is -2.06. The number of carbonyl (C=O) groups is 2. The van der Waals surface area contributed by atoms with Gasteiger partial charge in [0.25, 0.3) is 0 Å². The summed E-state index contributed by atoms with van der Waals surface area (Å²) >= 11 is 1.21.